The molecule has 1 aromatic carbocycles. The van der Waals surface area contributed by atoms with Gasteiger partial charge in [0.1, 0.15) is 18.1 Å². The van der Waals surface area contributed by atoms with E-state index in [1.807, 2.05) is 26.0 Å². The van der Waals surface area contributed by atoms with Gasteiger partial charge in [0.25, 0.3) is 0 Å². The molecule has 150 valence electrons. The first-order chi connectivity index (χ1) is 13.8. The minimum atomic E-state index is -0.0329. The highest BCUT2D eigenvalue weighted by Crippen LogP contribution is 2.44. The summed E-state index contributed by atoms with van der Waals surface area (Å²) in [7, 11) is 0. The molecule has 0 bridgehead atoms. The van der Waals surface area contributed by atoms with Crippen molar-refractivity contribution in [2.75, 3.05) is 18.1 Å². The van der Waals surface area contributed by atoms with Crippen LogP contribution in [0.3, 0.4) is 0 Å². The Bertz CT molecular complexity index is 1110. The third-order valence-electron chi connectivity index (χ3n) is 5.60. The van der Waals surface area contributed by atoms with Crippen LogP contribution in [0.2, 0.25) is 0 Å². The molecule has 0 saturated heterocycles. The van der Waals surface area contributed by atoms with E-state index in [9.17, 15) is 4.79 Å². The number of hydrogen-bond acceptors (Lipinski definition) is 7. The van der Waals surface area contributed by atoms with E-state index in [0.29, 0.717) is 19.6 Å². The fourth-order valence-corrected chi connectivity index (χ4v) is 5.35. The van der Waals surface area contributed by atoms with Crippen LogP contribution in [0.1, 0.15) is 47.1 Å². The van der Waals surface area contributed by atoms with Gasteiger partial charge in [-0.15, -0.1) is 0 Å². The zero-order valence-electron chi connectivity index (χ0n) is 17.0. The molecule has 3 aromatic rings. The van der Waals surface area contributed by atoms with Crippen molar-refractivity contribution in [3.05, 3.63) is 40.2 Å². The lowest BCUT2D eigenvalue weighted by molar-refractivity contribution is 0.0916. The molecule has 0 saturated carbocycles. The molecule has 0 radical (unpaired) electrons. The predicted octanol–water partition coefficient (Wildman–Crippen LogP) is 5.10. The maximum atomic E-state index is 12.6. The zero-order valence-corrected chi connectivity index (χ0v) is 17.9. The number of nitrogens with zero attached hydrogens (tertiary/aromatic N) is 3. The summed E-state index contributed by atoms with van der Waals surface area (Å²) in [4.78, 5) is 20.5. The topological polar surface area (TPSA) is 68.5 Å². The molecule has 29 heavy (non-hydrogen) atoms. The van der Waals surface area contributed by atoms with Crippen LogP contribution in [-0.2, 0) is 6.42 Å². The largest absolute Gasteiger partial charge is 0.490 e. The van der Waals surface area contributed by atoms with Crippen LogP contribution in [-0.4, -0.2) is 29.1 Å². The second-order valence-corrected chi connectivity index (χ2v) is 9.57. The standard InChI is InChI=1S/C22H23N3O3S/c1-12-19(13(2)28-24-12)14-5-6-18-16(9-14)25(7-8-27-18)21-23-15-10-22(3,4)11-17(26)20(15)29-21/h5-6,9H,7-8,10-11H2,1-4H3. The second kappa shape index (κ2) is 6.42. The number of rotatable bonds is 2. The first-order valence-electron chi connectivity index (χ1n) is 9.83. The number of aryl methyl sites for hydroxylation is 2. The summed E-state index contributed by atoms with van der Waals surface area (Å²) in [6.45, 7) is 9.41. The molecule has 0 N–H and O–H groups in total. The summed E-state index contributed by atoms with van der Waals surface area (Å²) in [5, 5.41) is 4.94. The van der Waals surface area contributed by atoms with E-state index in [1.54, 1.807) is 0 Å². The Morgan fingerprint density at radius 3 is 2.79 bits per heavy atom. The molecule has 0 fully saturated rings. The van der Waals surface area contributed by atoms with Gasteiger partial charge in [-0.2, -0.15) is 0 Å². The Hall–Kier alpha value is -2.67. The fourth-order valence-electron chi connectivity index (χ4n) is 4.29. The van der Waals surface area contributed by atoms with Gasteiger partial charge in [-0.1, -0.05) is 36.4 Å². The number of Topliss-reactive ketones (excluding diaryl/α,β-unsaturated/α-hetero) is 1. The maximum Gasteiger partial charge on any atom is 0.190 e. The monoisotopic (exact) mass is 409 g/mol. The van der Waals surface area contributed by atoms with E-state index in [4.69, 9.17) is 14.2 Å². The lowest BCUT2D eigenvalue weighted by Gasteiger charge is -2.29. The Morgan fingerprint density at radius 1 is 1.21 bits per heavy atom. The van der Waals surface area contributed by atoms with Crippen LogP contribution >= 0.6 is 11.3 Å². The number of benzene rings is 1. The van der Waals surface area contributed by atoms with Gasteiger partial charge in [0.2, 0.25) is 0 Å². The molecule has 5 rings (SSSR count). The van der Waals surface area contributed by atoms with E-state index in [1.165, 1.54) is 11.3 Å². The van der Waals surface area contributed by atoms with Gasteiger partial charge in [-0.05, 0) is 43.4 Å². The summed E-state index contributed by atoms with van der Waals surface area (Å²) < 4.78 is 11.2. The summed E-state index contributed by atoms with van der Waals surface area (Å²) >= 11 is 1.50. The predicted molar refractivity (Wildman–Crippen MR) is 112 cm³/mol. The number of fused-ring (bicyclic) bond motifs is 2. The van der Waals surface area contributed by atoms with Crippen molar-refractivity contribution in [3.63, 3.8) is 0 Å². The van der Waals surface area contributed by atoms with Gasteiger partial charge in [0.15, 0.2) is 10.9 Å². The normalized spacial score (nSPS) is 17.7. The minimum Gasteiger partial charge on any atom is -0.490 e. The number of thiazole rings is 1. The summed E-state index contributed by atoms with van der Waals surface area (Å²) in [5.41, 5.74) is 4.77. The van der Waals surface area contributed by atoms with E-state index in [2.05, 4.69) is 30.0 Å². The van der Waals surface area contributed by atoms with Crippen LogP contribution in [0.25, 0.3) is 11.1 Å². The smallest absolute Gasteiger partial charge is 0.190 e. The van der Waals surface area contributed by atoms with Crippen molar-refractivity contribution in [1.82, 2.24) is 10.1 Å². The SMILES string of the molecule is Cc1noc(C)c1-c1ccc2c(c1)N(c1nc3c(s1)C(=O)CC(C)(C)C3)CCO2. The summed E-state index contributed by atoms with van der Waals surface area (Å²) in [6, 6.07) is 6.13. The van der Waals surface area contributed by atoms with Crippen LogP contribution < -0.4 is 9.64 Å². The lowest BCUT2D eigenvalue weighted by Crippen LogP contribution is -2.28. The third-order valence-corrected chi connectivity index (χ3v) is 6.76. The summed E-state index contributed by atoms with van der Waals surface area (Å²) in [5.74, 6) is 1.83. The molecule has 0 spiro atoms. The average Bonchev–Trinajstić information content (AvgIpc) is 3.23. The quantitative estimate of drug-likeness (QED) is 0.586. The number of ether oxygens (including phenoxy) is 1. The molecule has 2 aromatic heterocycles. The first kappa shape index (κ1) is 18.4. The van der Waals surface area contributed by atoms with Crippen LogP contribution in [0.4, 0.5) is 10.8 Å². The number of hydrogen-bond donors (Lipinski definition) is 0. The minimum absolute atomic E-state index is 0.0329. The van der Waals surface area contributed by atoms with Gasteiger partial charge >= 0.3 is 0 Å². The molecule has 0 unspecified atom stereocenters. The summed E-state index contributed by atoms with van der Waals surface area (Å²) in [6.07, 6.45) is 1.42. The van der Waals surface area contributed by atoms with Crippen LogP contribution in [0, 0.1) is 19.3 Å². The molecule has 2 aliphatic rings. The molecule has 0 atom stereocenters. The van der Waals surface area contributed by atoms with E-state index in [-0.39, 0.29) is 11.2 Å². The Morgan fingerprint density at radius 2 is 2.03 bits per heavy atom. The van der Waals surface area contributed by atoms with Crippen molar-refractivity contribution >= 4 is 27.9 Å². The van der Waals surface area contributed by atoms with Crippen molar-refractivity contribution in [3.8, 4) is 16.9 Å². The fraction of sp³-hybridized carbons (Fsp3) is 0.409. The van der Waals surface area contributed by atoms with Crippen molar-refractivity contribution in [2.24, 2.45) is 5.41 Å². The molecule has 0 amide bonds. The Labute approximate surface area is 173 Å². The number of carbonyl (C=O) groups excluding carboxylic acids is 1. The molecule has 7 heteroatoms. The number of anilines is 2. The highest BCUT2D eigenvalue weighted by Gasteiger charge is 2.35. The highest BCUT2D eigenvalue weighted by atomic mass is 32.1. The van der Waals surface area contributed by atoms with E-state index < -0.39 is 0 Å². The third kappa shape index (κ3) is 3.04. The van der Waals surface area contributed by atoms with Gasteiger partial charge in [-0.25, -0.2) is 4.98 Å². The van der Waals surface area contributed by atoms with Gasteiger partial charge in [-0.3, -0.25) is 4.79 Å². The number of aromatic nitrogens is 2. The van der Waals surface area contributed by atoms with E-state index >= 15 is 0 Å². The van der Waals surface area contributed by atoms with Crippen molar-refractivity contribution in [1.29, 1.82) is 0 Å². The van der Waals surface area contributed by atoms with Crippen molar-refractivity contribution < 1.29 is 14.1 Å². The van der Waals surface area contributed by atoms with Gasteiger partial charge in [0.05, 0.1) is 28.5 Å². The van der Waals surface area contributed by atoms with Gasteiger partial charge < -0.3 is 14.2 Å². The Balaban J connectivity index is 1.58. The average molecular weight is 410 g/mol. The first-order valence-corrected chi connectivity index (χ1v) is 10.6. The van der Waals surface area contributed by atoms with Crippen LogP contribution in [0.5, 0.6) is 5.75 Å². The number of carbonyl (C=O) groups is 1. The molecule has 6 nitrogen and oxygen atoms in total. The lowest BCUT2D eigenvalue weighted by atomic mass is 9.78. The van der Waals surface area contributed by atoms with Crippen molar-refractivity contribution in [2.45, 2.75) is 40.5 Å². The highest BCUT2D eigenvalue weighted by molar-refractivity contribution is 7.17. The molecule has 3 heterocycles. The van der Waals surface area contributed by atoms with Crippen LogP contribution in [0.15, 0.2) is 22.7 Å². The maximum absolute atomic E-state index is 12.6. The molecular formula is C22H23N3O3S. The van der Waals surface area contributed by atoms with E-state index in [0.717, 1.165) is 56.1 Å². The zero-order chi connectivity index (χ0) is 20.3. The second-order valence-electron chi connectivity index (χ2n) is 8.59. The number of ketones is 1. The van der Waals surface area contributed by atoms with Gasteiger partial charge in [0, 0.05) is 12.0 Å². The molecule has 1 aliphatic heterocycles. The molecular weight excluding hydrogens is 386 g/mol. The Kier molecular flexibility index (Phi) is 4.07. The molecule has 1 aliphatic carbocycles.